The topological polar surface area (TPSA) is 75.4 Å². The average Bonchev–Trinajstić information content (AvgIpc) is 2.18. The first-order chi connectivity index (χ1) is 6.52. The van der Waals surface area contributed by atoms with Crippen LogP contribution in [0.3, 0.4) is 0 Å². The molecule has 0 aromatic heterocycles. The molecule has 0 spiro atoms. The Labute approximate surface area is 85.9 Å². The summed E-state index contributed by atoms with van der Waals surface area (Å²) in [5, 5.41) is 11.7. The van der Waals surface area contributed by atoms with Crippen molar-refractivity contribution in [2.45, 2.75) is 39.7 Å². The fourth-order valence-electron chi connectivity index (χ4n) is 1.38. The molecule has 0 bridgehead atoms. The van der Waals surface area contributed by atoms with Gasteiger partial charge in [-0.25, -0.2) is 0 Å². The minimum absolute atomic E-state index is 0.0501. The van der Waals surface area contributed by atoms with Gasteiger partial charge in [0.2, 0.25) is 5.91 Å². The Bertz CT molecular complexity index is 169. The quantitative estimate of drug-likeness (QED) is 0.578. The maximum Gasteiger partial charge on any atom is 0.227 e. The van der Waals surface area contributed by atoms with E-state index in [1.54, 1.807) is 6.92 Å². The SMILES string of the molecule is CCC(CC)(CN)C(=O)NC[C@@H](C)O. The summed E-state index contributed by atoms with van der Waals surface area (Å²) < 4.78 is 0. The van der Waals surface area contributed by atoms with E-state index in [0.717, 1.165) is 12.8 Å². The molecule has 0 aromatic carbocycles. The van der Waals surface area contributed by atoms with Crippen molar-refractivity contribution in [3.05, 3.63) is 0 Å². The van der Waals surface area contributed by atoms with Gasteiger partial charge in [-0.15, -0.1) is 0 Å². The van der Waals surface area contributed by atoms with Crippen LogP contribution in [0.2, 0.25) is 0 Å². The largest absolute Gasteiger partial charge is 0.392 e. The number of hydrogen-bond acceptors (Lipinski definition) is 3. The molecule has 0 saturated heterocycles. The summed E-state index contributed by atoms with van der Waals surface area (Å²) in [6.45, 7) is 6.20. The van der Waals surface area contributed by atoms with Crippen LogP contribution in [0.4, 0.5) is 0 Å². The second kappa shape index (κ2) is 5.98. The summed E-state index contributed by atoms with van der Waals surface area (Å²) >= 11 is 0. The molecule has 1 atom stereocenters. The molecule has 0 rings (SSSR count). The number of amides is 1. The van der Waals surface area contributed by atoms with Crippen LogP contribution < -0.4 is 11.1 Å². The van der Waals surface area contributed by atoms with E-state index in [0.29, 0.717) is 13.1 Å². The van der Waals surface area contributed by atoms with Gasteiger partial charge in [-0.1, -0.05) is 13.8 Å². The standard InChI is InChI=1S/C10H22N2O2/c1-4-10(5-2,7-11)9(14)12-6-8(3)13/h8,13H,4-7,11H2,1-3H3,(H,12,14)/t8-/m1/s1. The Morgan fingerprint density at radius 2 is 2.00 bits per heavy atom. The molecule has 4 nitrogen and oxygen atoms in total. The highest BCUT2D eigenvalue weighted by Crippen LogP contribution is 2.24. The second-order valence-corrected chi connectivity index (χ2v) is 3.75. The van der Waals surface area contributed by atoms with E-state index < -0.39 is 11.5 Å². The van der Waals surface area contributed by atoms with Crippen LogP contribution in [0.1, 0.15) is 33.6 Å². The van der Waals surface area contributed by atoms with Crippen molar-refractivity contribution in [2.75, 3.05) is 13.1 Å². The monoisotopic (exact) mass is 202 g/mol. The summed E-state index contributed by atoms with van der Waals surface area (Å²) in [4.78, 5) is 11.8. The van der Waals surface area contributed by atoms with Gasteiger partial charge in [0.15, 0.2) is 0 Å². The minimum Gasteiger partial charge on any atom is -0.392 e. The highest BCUT2D eigenvalue weighted by Gasteiger charge is 2.32. The molecule has 84 valence electrons. The zero-order valence-corrected chi connectivity index (χ0v) is 9.34. The van der Waals surface area contributed by atoms with E-state index in [4.69, 9.17) is 10.8 Å². The van der Waals surface area contributed by atoms with Crippen LogP contribution in [-0.4, -0.2) is 30.2 Å². The lowest BCUT2D eigenvalue weighted by Crippen LogP contribution is -2.46. The first-order valence-corrected chi connectivity index (χ1v) is 5.18. The molecule has 0 aromatic rings. The summed E-state index contributed by atoms with van der Waals surface area (Å²) in [5.74, 6) is -0.0501. The fourth-order valence-corrected chi connectivity index (χ4v) is 1.38. The number of aliphatic hydroxyl groups excluding tert-OH is 1. The fraction of sp³-hybridized carbons (Fsp3) is 0.900. The normalized spacial score (nSPS) is 13.8. The van der Waals surface area contributed by atoms with Gasteiger partial charge in [0, 0.05) is 13.1 Å². The Morgan fingerprint density at radius 3 is 2.29 bits per heavy atom. The third-order valence-corrected chi connectivity index (χ3v) is 2.78. The smallest absolute Gasteiger partial charge is 0.227 e. The van der Waals surface area contributed by atoms with Crippen molar-refractivity contribution >= 4 is 5.91 Å². The van der Waals surface area contributed by atoms with Crippen molar-refractivity contribution in [3.63, 3.8) is 0 Å². The Balaban J connectivity index is 4.29. The number of nitrogens with two attached hydrogens (primary N) is 1. The molecule has 0 unspecified atom stereocenters. The third-order valence-electron chi connectivity index (χ3n) is 2.78. The second-order valence-electron chi connectivity index (χ2n) is 3.75. The minimum atomic E-state index is -0.511. The highest BCUT2D eigenvalue weighted by atomic mass is 16.3. The van der Waals surface area contributed by atoms with Crippen LogP contribution in [0.25, 0.3) is 0 Å². The van der Waals surface area contributed by atoms with Crippen molar-refractivity contribution in [1.82, 2.24) is 5.32 Å². The van der Waals surface area contributed by atoms with Gasteiger partial charge in [-0.3, -0.25) is 4.79 Å². The summed E-state index contributed by atoms with van der Waals surface area (Å²) in [5.41, 5.74) is 5.15. The van der Waals surface area contributed by atoms with Crippen molar-refractivity contribution < 1.29 is 9.90 Å². The summed E-state index contributed by atoms with van der Waals surface area (Å²) in [6, 6.07) is 0. The predicted molar refractivity (Wildman–Crippen MR) is 56.8 cm³/mol. The Morgan fingerprint density at radius 1 is 1.50 bits per heavy atom. The van der Waals surface area contributed by atoms with E-state index in [1.165, 1.54) is 0 Å². The van der Waals surface area contributed by atoms with Crippen LogP contribution in [-0.2, 0) is 4.79 Å². The van der Waals surface area contributed by atoms with E-state index >= 15 is 0 Å². The number of aliphatic hydroxyl groups is 1. The lowest BCUT2D eigenvalue weighted by molar-refractivity contribution is -0.131. The molecule has 4 N–H and O–H groups in total. The van der Waals surface area contributed by atoms with Gasteiger partial charge < -0.3 is 16.2 Å². The van der Waals surface area contributed by atoms with Crippen LogP contribution in [0.15, 0.2) is 0 Å². The van der Waals surface area contributed by atoms with Crippen LogP contribution in [0.5, 0.6) is 0 Å². The molecular weight excluding hydrogens is 180 g/mol. The molecule has 1 amide bonds. The van der Waals surface area contributed by atoms with Crippen molar-refractivity contribution in [3.8, 4) is 0 Å². The Kier molecular flexibility index (Phi) is 5.72. The van der Waals surface area contributed by atoms with E-state index in [-0.39, 0.29) is 5.91 Å². The maximum atomic E-state index is 11.8. The summed E-state index contributed by atoms with van der Waals surface area (Å²) in [7, 11) is 0. The first-order valence-electron chi connectivity index (χ1n) is 5.18. The van der Waals surface area contributed by atoms with Crippen LogP contribution in [0, 0.1) is 5.41 Å². The first kappa shape index (κ1) is 13.4. The van der Waals surface area contributed by atoms with Gasteiger partial charge in [0.05, 0.1) is 11.5 Å². The molecule has 0 heterocycles. The third kappa shape index (κ3) is 3.27. The van der Waals surface area contributed by atoms with Gasteiger partial charge in [0.1, 0.15) is 0 Å². The molecule has 0 fully saturated rings. The number of carbonyl (C=O) groups is 1. The zero-order chi connectivity index (χ0) is 11.2. The molecule has 0 aliphatic carbocycles. The van der Waals surface area contributed by atoms with E-state index in [9.17, 15) is 4.79 Å². The van der Waals surface area contributed by atoms with Gasteiger partial charge >= 0.3 is 0 Å². The van der Waals surface area contributed by atoms with Crippen molar-refractivity contribution in [1.29, 1.82) is 0 Å². The molecule has 14 heavy (non-hydrogen) atoms. The number of nitrogens with one attached hydrogen (secondary N) is 1. The molecule has 4 heteroatoms. The van der Waals surface area contributed by atoms with Crippen LogP contribution >= 0.6 is 0 Å². The average molecular weight is 202 g/mol. The lowest BCUT2D eigenvalue weighted by atomic mass is 9.81. The predicted octanol–water partition coefficient (Wildman–Crippen LogP) is 0.249. The maximum absolute atomic E-state index is 11.8. The number of rotatable bonds is 6. The summed E-state index contributed by atoms with van der Waals surface area (Å²) in [6.07, 6.45) is 0.945. The molecular formula is C10H22N2O2. The molecule has 0 saturated carbocycles. The molecule has 0 radical (unpaired) electrons. The number of hydrogen-bond donors (Lipinski definition) is 3. The zero-order valence-electron chi connectivity index (χ0n) is 9.34. The van der Waals surface area contributed by atoms with E-state index in [2.05, 4.69) is 5.32 Å². The van der Waals surface area contributed by atoms with E-state index in [1.807, 2.05) is 13.8 Å². The van der Waals surface area contributed by atoms with Gasteiger partial charge in [0.25, 0.3) is 0 Å². The van der Waals surface area contributed by atoms with Gasteiger partial charge in [-0.05, 0) is 19.8 Å². The van der Waals surface area contributed by atoms with Crippen molar-refractivity contribution in [2.24, 2.45) is 11.1 Å². The van der Waals surface area contributed by atoms with Gasteiger partial charge in [-0.2, -0.15) is 0 Å². The molecule has 0 aliphatic rings. The Hall–Kier alpha value is -0.610. The highest BCUT2D eigenvalue weighted by molar-refractivity contribution is 5.82. The molecule has 0 aliphatic heterocycles. The number of carbonyl (C=O) groups excluding carboxylic acids is 1. The lowest BCUT2D eigenvalue weighted by Gasteiger charge is -2.28.